The first-order valence-corrected chi connectivity index (χ1v) is 8.34. The van der Waals surface area contributed by atoms with Crippen LogP contribution >= 0.6 is 11.8 Å². The Morgan fingerprint density at radius 1 is 1.23 bits per heavy atom. The van der Waals surface area contributed by atoms with Gasteiger partial charge in [0.1, 0.15) is 10.8 Å². The smallest absolute Gasteiger partial charge is 0.341 e. The van der Waals surface area contributed by atoms with E-state index in [-0.39, 0.29) is 28.9 Å². The molecular formula is C17H16F2N2O4S. The zero-order valence-electron chi connectivity index (χ0n) is 13.8. The molecule has 138 valence electrons. The number of pyridine rings is 1. The fourth-order valence-electron chi connectivity index (χ4n) is 2.03. The van der Waals surface area contributed by atoms with E-state index in [0.29, 0.717) is 5.75 Å². The number of nitrogens with zero attached hydrogens (tertiary/aromatic N) is 1. The van der Waals surface area contributed by atoms with Crippen LogP contribution in [0.5, 0.6) is 5.75 Å². The molecule has 6 nitrogen and oxygen atoms in total. The van der Waals surface area contributed by atoms with Crippen molar-refractivity contribution in [2.24, 2.45) is 0 Å². The van der Waals surface area contributed by atoms with E-state index in [9.17, 15) is 18.4 Å². The summed E-state index contributed by atoms with van der Waals surface area (Å²) in [6.45, 7) is -0.346. The Morgan fingerprint density at radius 3 is 2.73 bits per heavy atom. The molecule has 0 unspecified atom stereocenters. The molecule has 0 aliphatic heterocycles. The first-order valence-electron chi connectivity index (χ1n) is 7.46. The molecule has 9 heteroatoms. The summed E-state index contributed by atoms with van der Waals surface area (Å²) in [7, 11) is 1.52. The number of carbonyl (C=O) groups is 2. The maximum absolute atomic E-state index is 12.5. The summed E-state index contributed by atoms with van der Waals surface area (Å²) in [6.07, 6.45) is 1.29. The molecule has 1 amide bonds. The lowest BCUT2D eigenvalue weighted by atomic mass is 10.2. The SMILES string of the molecule is COc1ccccc1CNC(=O)COC(=O)c1cccnc1SC(F)F. The van der Waals surface area contributed by atoms with Gasteiger partial charge in [0.05, 0.1) is 12.7 Å². The number of benzene rings is 1. The molecule has 1 aromatic heterocycles. The van der Waals surface area contributed by atoms with Gasteiger partial charge in [-0.25, -0.2) is 9.78 Å². The van der Waals surface area contributed by atoms with Crippen LogP contribution in [0.3, 0.4) is 0 Å². The zero-order valence-corrected chi connectivity index (χ0v) is 14.6. The zero-order chi connectivity index (χ0) is 18.9. The molecule has 0 atom stereocenters. The van der Waals surface area contributed by atoms with E-state index in [1.165, 1.54) is 25.4 Å². The third kappa shape index (κ3) is 5.69. The van der Waals surface area contributed by atoms with Gasteiger partial charge in [-0.2, -0.15) is 8.78 Å². The lowest BCUT2D eigenvalue weighted by Gasteiger charge is -2.10. The molecule has 0 spiro atoms. The van der Waals surface area contributed by atoms with Crippen LogP contribution in [0.2, 0.25) is 0 Å². The van der Waals surface area contributed by atoms with E-state index in [4.69, 9.17) is 9.47 Å². The van der Waals surface area contributed by atoms with Gasteiger partial charge >= 0.3 is 5.97 Å². The van der Waals surface area contributed by atoms with Gasteiger partial charge in [-0.05, 0) is 30.0 Å². The van der Waals surface area contributed by atoms with E-state index in [1.54, 1.807) is 24.3 Å². The van der Waals surface area contributed by atoms with E-state index >= 15 is 0 Å². The molecule has 0 aliphatic carbocycles. The Kier molecular flexibility index (Phi) is 7.34. The first-order chi connectivity index (χ1) is 12.5. The van der Waals surface area contributed by atoms with Gasteiger partial charge < -0.3 is 14.8 Å². The fourth-order valence-corrected chi connectivity index (χ4v) is 2.60. The molecular weight excluding hydrogens is 366 g/mol. The number of esters is 1. The normalized spacial score (nSPS) is 10.5. The molecule has 26 heavy (non-hydrogen) atoms. The molecule has 0 radical (unpaired) electrons. The van der Waals surface area contributed by atoms with Crippen LogP contribution in [0.4, 0.5) is 8.78 Å². The van der Waals surface area contributed by atoms with E-state index < -0.39 is 24.2 Å². The number of nitrogens with one attached hydrogen (secondary N) is 1. The van der Waals surface area contributed by atoms with E-state index in [0.717, 1.165) is 5.56 Å². The second-order valence-corrected chi connectivity index (χ2v) is 5.88. The lowest BCUT2D eigenvalue weighted by molar-refractivity contribution is -0.124. The van der Waals surface area contributed by atoms with E-state index in [2.05, 4.69) is 10.3 Å². The van der Waals surface area contributed by atoms with Crippen LogP contribution in [-0.4, -0.2) is 36.3 Å². The quantitative estimate of drug-likeness (QED) is 0.559. The molecule has 1 heterocycles. The molecule has 2 rings (SSSR count). The van der Waals surface area contributed by atoms with Crippen LogP contribution in [0.1, 0.15) is 15.9 Å². The monoisotopic (exact) mass is 382 g/mol. The summed E-state index contributed by atoms with van der Waals surface area (Å²) in [5.74, 6) is -3.53. The van der Waals surface area contributed by atoms with Crippen LogP contribution in [0.15, 0.2) is 47.6 Å². The van der Waals surface area contributed by atoms with Crippen molar-refractivity contribution in [3.8, 4) is 5.75 Å². The van der Waals surface area contributed by atoms with Crippen molar-refractivity contribution < 1.29 is 27.8 Å². The van der Waals surface area contributed by atoms with Gasteiger partial charge in [0.25, 0.3) is 11.7 Å². The number of para-hydroxylation sites is 1. The van der Waals surface area contributed by atoms with Crippen molar-refractivity contribution in [2.75, 3.05) is 13.7 Å². The number of rotatable bonds is 8. The standard InChI is InChI=1S/C17H16F2N2O4S/c1-24-13-7-3-2-5-11(13)9-21-14(22)10-25-16(23)12-6-4-8-20-15(12)26-17(18)19/h2-8,17H,9-10H2,1H3,(H,21,22). The van der Waals surface area contributed by atoms with Crippen LogP contribution < -0.4 is 10.1 Å². The maximum Gasteiger partial charge on any atom is 0.341 e. The van der Waals surface area contributed by atoms with Crippen LogP contribution in [0, 0.1) is 0 Å². The molecule has 2 aromatic rings. The first kappa shape index (κ1) is 19.6. The highest BCUT2D eigenvalue weighted by atomic mass is 32.2. The Bertz CT molecular complexity index is 774. The number of hydrogen-bond donors (Lipinski definition) is 1. The van der Waals surface area contributed by atoms with Crippen molar-refractivity contribution in [1.29, 1.82) is 0 Å². The minimum atomic E-state index is -2.72. The predicted octanol–water partition coefficient (Wildman–Crippen LogP) is 2.88. The number of aromatic nitrogens is 1. The summed E-state index contributed by atoms with van der Waals surface area (Å²) < 4.78 is 35.0. The Balaban J connectivity index is 1.88. The summed E-state index contributed by atoms with van der Waals surface area (Å²) in [5.41, 5.74) is 0.646. The number of carbonyl (C=O) groups excluding carboxylic acids is 2. The maximum atomic E-state index is 12.5. The summed E-state index contributed by atoms with van der Waals surface area (Å²) in [5, 5.41) is 2.44. The second-order valence-electron chi connectivity index (χ2n) is 4.90. The number of amides is 1. The fraction of sp³-hybridized carbons (Fsp3) is 0.235. The number of hydrogen-bond acceptors (Lipinski definition) is 6. The van der Waals surface area contributed by atoms with Gasteiger partial charge in [-0.1, -0.05) is 18.2 Å². The molecule has 0 aliphatic rings. The predicted molar refractivity (Wildman–Crippen MR) is 91.2 cm³/mol. The largest absolute Gasteiger partial charge is 0.496 e. The minimum absolute atomic E-state index is 0.115. The molecule has 1 aromatic carbocycles. The third-order valence-electron chi connectivity index (χ3n) is 3.19. The number of thioether (sulfide) groups is 1. The second kappa shape index (κ2) is 9.71. The van der Waals surface area contributed by atoms with Crippen molar-refractivity contribution in [3.63, 3.8) is 0 Å². The Hall–Kier alpha value is -2.68. The van der Waals surface area contributed by atoms with Gasteiger partial charge in [-0.15, -0.1) is 0 Å². The number of halogens is 2. The minimum Gasteiger partial charge on any atom is -0.496 e. The van der Waals surface area contributed by atoms with Crippen molar-refractivity contribution in [1.82, 2.24) is 10.3 Å². The van der Waals surface area contributed by atoms with E-state index in [1.807, 2.05) is 0 Å². The third-order valence-corrected chi connectivity index (χ3v) is 3.92. The van der Waals surface area contributed by atoms with Gasteiger partial charge in [0.2, 0.25) is 0 Å². The molecule has 0 saturated heterocycles. The molecule has 0 saturated carbocycles. The van der Waals surface area contributed by atoms with Crippen molar-refractivity contribution in [3.05, 3.63) is 53.7 Å². The van der Waals surface area contributed by atoms with Gasteiger partial charge in [0, 0.05) is 18.3 Å². The van der Waals surface area contributed by atoms with Crippen molar-refractivity contribution >= 4 is 23.6 Å². The lowest BCUT2D eigenvalue weighted by Crippen LogP contribution is -2.28. The number of alkyl halides is 2. The van der Waals surface area contributed by atoms with Crippen molar-refractivity contribution in [2.45, 2.75) is 17.3 Å². The molecule has 1 N–H and O–H groups in total. The summed E-state index contributed by atoms with van der Waals surface area (Å²) in [4.78, 5) is 27.6. The number of ether oxygens (including phenoxy) is 2. The number of methoxy groups -OCH3 is 1. The molecule has 0 fully saturated rings. The highest BCUT2D eigenvalue weighted by Gasteiger charge is 2.18. The van der Waals surface area contributed by atoms with Crippen LogP contribution in [-0.2, 0) is 16.1 Å². The highest BCUT2D eigenvalue weighted by Crippen LogP contribution is 2.26. The summed E-state index contributed by atoms with van der Waals surface area (Å²) >= 11 is 0.140. The average molecular weight is 382 g/mol. The molecule has 0 bridgehead atoms. The summed E-state index contributed by atoms with van der Waals surface area (Å²) in [6, 6.07) is 9.88. The Morgan fingerprint density at radius 2 is 2.00 bits per heavy atom. The average Bonchev–Trinajstić information content (AvgIpc) is 2.64. The topological polar surface area (TPSA) is 77.5 Å². The van der Waals surface area contributed by atoms with Gasteiger partial charge in [0.15, 0.2) is 6.61 Å². The van der Waals surface area contributed by atoms with Gasteiger partial charge in [-0.3, -0.25) is 4.79 Å². The Labute approximate surface area is 152 Å². The van der Waals surface area contributed by atoms with Crippen LogP contribution in [0.25, 0.3) is 0 Å². The highest BCUT2D eigenvalue weighted by molar-refractivity contribution is 7.99.